The van der Waals surface area contributed by atoms with E-state index in [1.165, 1.54) is 6.92 Å². The van der Waals surface area contributed by atoms with Gasteiger partial charge >= 0.3 is 5.97 Å². The van der Waals surface area contributed by atoms with Crippen molar-refractivity contribution in [2.24, 2.45) is 11.8 Å². The van der Waals surface area contributed by atoms with E-state index in [9.17, 15) is 13.6 Å². The molecule has 1 saturated heterocycles. The topological polar surface area (TPSA) is 26.3 Å². The third-order valence-corrected chi connectivity index (χ3v) is 4.80. The standard InChI is InChI=1S/C10H13BrF2O2/c1-5-3-7-6(2)15-8(14)9(7,11)4-10(5,12)13/h5-7H,3-4H2,1-2H3. The van der Waals surface area contributed by atoms with Crippen LogP contribution in [0.25, 0.3) is 0 Å². The summed E-state index contributed by atoms with van der Waals surface area (Å²) < 4.78 is 31.0. The van der Waals surface area contributed by atoms with E-state index in [2.05, 4.69) is 15.9 Å². The SMILES string of the molecule is CC1OC(=O)C2(Br)CC(F)(F)C(C)CC12. The van der Waals surface area contributed by atoms with Crippen molar-refractivity contribution >= 4 is 21.9 Å². The molecule has 15 heavy (non-hydrogen) atoms. The quantitative estimate of drug-likeness (QED) is 0.505. The molecule has 0 aromatic heterocycles. The fraction of sp³-hybridized carbons (Fsp3) is 0.900. The Morgan fingerprint density at radius 3 is 2.67 bits per heavy atom. The first-order valence-corrected chi connectivity index (χ1v) is 5.84. The molecule has 4 unspecified atom stereocenters. The molecule has 5 heteroatoms. The Morgan fingerprint density at radius 1 is 1.47 bits per heavy atom. The molecule has 0 aromatic rings. The minimum atomic E-state index is -2.79. The van der Waals surface area contributed by atoms with E-state index in [4.69, 9.17) is 4.74 Å². The van der Waals surface area contributed by atoms with Gasteiger partial charge in [-0.05, 0) is 13.3 Å². The summed E-state index contributed by atoms with van der Waals surface area (Å²) in [7, 11) is 0. The first kappa shape index (κ1) is 11.3. The Balaban J connectivity index is 2.33. The van der Waals surface area contributed by atoms with Crippen LogP contribution in [0, 0.1) is 11.8 Å². The molecule has 1 heterocycles. The van der Waals surface area contributed by atoms with Crippen LogP contribution >= 0.6 is 15.9 Å². The van der Waals surface area contributed by atoms with Crippen molar-refractivity contribution in [3.63, 3.8) is 0 Å². The number of halogens is 3. The highest BCUT2D eigenvalue weighted by Gasteiger charge is 2.63. The van der Waals surface area contributed by atoms with Gasteiger partial charge in [-0.2, -0.15) is 0 Å². The molecule has 0 aromatic carbocycles. The van der Waals surface area contributed by atoms with Gasteiger partial charge in [0, 0.05) is 18.3 Å². The number of rotatable bonds is 0. The zero-order chi connectivity index (χ0) is 11.4. The number of esters is 1. The largest absolute Gasteiger partial charge is 0.461 e. The van der Waals surface area contributed by atoms with Crippen LogP contribution in [-0.4, -0.2) is 22.3 Å². The van der Waals surface area contributed by atoms with E-state index >= 15 is 0 Å². The maximum absolute atomic E-state index is 13.5. The third-order valence-electron chi connectivity index (χ3n) is 3.61. The first-order chi connectivity index (χ1) is 6.77. The molecule has 0 amide bonds. The Morgan fingerprint density at radius 2 is 2.07 bits per heavy atom. The lowest BCUT2D eigenvalue weighted by molar-refractivity contribution is -0.146. The summed E-state index contributed by atoms with van der Waals surface area (Å²) in [6.45, 7) is 3.30. The van der Waals surface area contributed by atoms with Crippen LogP contribution in [0.1, 0.15) is 26.7 Å². The van der Waals surface area contributed by atoms with E-state index in [-0.39, 0.29) is 12.0 Å². The number of cyclic esters (lactones) is 1. The summed E-state index contributed by atoms with van der Waals surface area (Å²) >= 11 is 3.18. The highest BCUT2D eigenvalue weighted by atomic mass is 79.9. The lowest BCUT2D eigenvalue weighted by Gasteiger charge is -2.40. The van der Waals surface area contributed by atoms with Crippen LogP contribution in [0.2, 0.25) is 0 Å². The lowest BCUT2D eigenvalue weighted by atomic mass is 9.72. The second-order valence-corrected chi connectivity index (χ2v) is 6.07. The first-order valence-electron chi connectivity index (χ1n) is 5.05. The predicted octanol–water partition coefficient (Wildman–Crippen LogP) is 2.75. The fourth-order valence-corrected chi connectivity index (χ4v) is 3.55. The molecule has 0 radical (unpaired) electrons. The van der Waals surface area contributed by atoms with Crippen LogP contribution in [0.4, 0.5) is 8.78 Å². The van der Waals surface area contributed by atoms with Gasteiger partial charge in [0.2, 0.25) is 0 Å². The number of hydrogen-bond acceptors (Lipinski definition) is 2. The van der Waals surface area contributed by atoms with Crippen molar-refractivity contribution < 1.29 is 18.3 Å². The van der Waals surface area contributed by atoms with Gasteiger partial charge in [0.15, 0.2) is 0 Å². The van der Waals surface area contributed by atoms with Gasteiger partial charge in [0.25, 0.3) is 5.92 Å². The molecule has 2 aliphatic rings. The zero-order valence-corrected chi connectivity index (χ0v) is 10.2. The summed E-state index contributed by atoms with van der Waals surface area (Å²) in [6.07, 6.45) is -0.393. The summed E-state index contributed by atoms with van der Waals surface area (Å²) in [4.78, 5) is 11.5. The van der Waals surface area contributed by atoms with Gasteiger partial charge in [0.1, 0.15) is 10.4 Å². The minimum absolute atomic E-state index is 0.139. The molecule has 1 aliphatic carbocycles. The van der Waals surface area contributed by atoms with E-state index in [1.807, 2.05) is 0 Å². The van der Waals surface area contributed by atoms with Crippen LogP contribution in [0.15, 0.2) is 0 Å². The number of carbonyl (C=O) groups excluding carboxylic acids is 1. The monoisotopic (exact) mass is 282 g/mol. The molecule has 4 atom stereocenters. The molecule has 86 valence electrons. The van der Waals surface area contributed by atoms with Crippen molar-refractivity contribution in [1.82, 2.24) is 0 Å². The van der Waals surface area contributed by atoms with Crippen molar-refractivity contribution in [2.45, 2.75) is 43.0 Å². The van der Waals surface area contributed by atoms with Crippen LogP contribution in [0.3, 0.4) is 0 Å². The smallest absolute Gasteiger partial charge is 0.323 e. The molecular weight excluding hydrogens is 270 g/mol. The molecule has 1 aliphatic heterocycles. The van der Waals surface area contributed by atoms with Gasteiger partial charge in [-0.1, -0.05) is 22.9 Å². The third kappa shape index (κ3) is 1.50. The van der Waals surface area contributed by atoms with Crippen LogP contribution < -0.4 is 0 Å². The normalized spacial score (nSPS) is 48.6. The summed E-state index contributed by atoms with van der Waals surface area (Å²) in [5.41, 5.74) is 0. The molecule has 2 rings (SSSR count). The molecule has 0 N–H and O–H groups in total. The van der Waals surface area contributed by atoms with E-state index < -0.39 is 28.6 Å². The Kier molecular flexibility index (Phi) is 2.38. The van der Waals surface area contributed by atoms with Crippen LogP contribution in [-0.2, 0) is 9.53 Å². The zero-order valence-electron chi connectivity index (χ0n) is 8.60. The lowest BCUT2D eigenvalue weighted by Crippen LogP contribution is -2.49. The number of fused-ring (bicyclic) bond motifs is 1. The maximum atomic E-state index is 13.5. The molecular formula is C10H13BrF2O2. The van der Waals surface area contributed by atoms with Crippen molar-refractivity contribution in [3.05, 3.63) is 0 Å². The molecule has 0 spiro atoms. The summed E-state index contributed by atoms with van der Waals surface area (Å²) in [5, 5.41) is 0. The van der Waals surface area contributed by atoms with Gasteiger partial charge in [0.05, 0.1) is 0 Å². The average molecular weight is 283 g/mol. The van der Waals surface area contributed by atoms with Crippen molar-refractivity contribution in [3.8, 4) is 0 Å². The number of alkyl halides is 3. The van der Waals surface area contributed by atoms with Gasteiger partial charge in [-0.15, -0.1) is 0 Å². The van der Waals surface area contributed by atoms with E-state index in [1.54, 1.807) is 6.92 Å². The molecule has 0 bridgehead atoms. The Bertz CT molecular complexity index is 308. The highest BCUT2D eigenvalue weighted by molar-refractivity contribution is 9.10. The molecule has 2 fully saturated rings. The predicted molar refractivity (Wildman–Crippen MR) is 54.0 cm³/mol. The Hall–Kier alpha value is -0.190. The van der Waals surface area contributed by atoms with Gasteiger partial charge < -0.3 is 4.74 Å². The second kappa shape index (κ2) is 3.15. The average Bonchev–Trinajstić information content (AvgIpc) is 2.27. The number of carbonyl (C=O) groups is 1. The number of ether oxygens (including phenoxy) is 1. The highest BCUT2D eigenvalue weighted by Crippen LogP contribution is 2.55. The summed E-state index contributed by atoms with van der Waals surface area (Å²) in [6, 6.07) is 0. The molecule has 2 nitrogen and oxygen atoms in total. The van der Waals surface area contributed by atoms with Gasteiger partial charge in [-0.25, -0.2) is 8.78 Å². The van der Waals surface area contributed by atoms with Gasteiger partial charge in [-0.3, -0.25) is 4.79 Å². The Labute approximate surface area is 95.5 Å². The van der Waals surface area contributed by atoms with E-state index in [0.717, 1.165) is 0 Å². The number of hydrogen-bond donors (Lipinski definition) is 0. The molecule has 1 saturated carbocycles. The van der Waals surface area contributed by atoms with Crippen molar-refractivity contribution in [1.29, 1.82) is 0 Å². The fourth-order valence-electron chi connectivity index (χ4n) is 2.52. The van der Waals surface area contributed by atoms with Crippen molar-refractivity contribution in [2.75, 3.05) is 0 Å². The minimum Gasteiger partial charge on any atom is -0.461 e. The van der Waals surface area contributed by atoms with Crippen LogP contribution in [0.5, 0.6) is 0 Å². The maximum Gasteiger partial charge on any atom is 0.323 e. The summed E-state index contributed by atoms with van der Waals surface area (Å²) in [5.74, 6) is -4.15. The van der Waals surface area contributed by atoms with E-state index in [0.29, 0.717) is 6.42 Å². The second-order valence-electron chi connectivity index (χ2n) is 4.65.